The number of anilines is 3. The van der Waals surface area contributed by atoms with E-state index in [0.29, 0.717) is 11.8 Å². The molecule has 2 spiro atoms. The number of hydrogen-bond acceptors (Lipinski definition) is 2. The molecule has 0 saturated carbocycles. The van der Waals surface area contributed by atoms with E-state index < -0.39 is 10.8 Å². The molecule has 5 aliphatic rings. The summed E-state index contributed by atoms with van der Waals surface area (Å²) in [5.74, 6) is 0.660. The first-order valence-electron chi connectivity index (χ1n) is 29.6. The van der Waals surface area contributed by atoms with Crippen LogP contribution in [-0.2, 0) is 27.1 Å². The summed E-state index contributed by atoms with van der Waals surface area (Å²) in [6.45, 7) is 31.0. The molecule has 3 unspecified atom stereocenters. The highest BCUT2D eigenvalue weighted by Crippen LogP contribution is 2.68. The minimum Gasteiger partial charge on any atom is -0.310 e. The fourth-order valence-electron chi connectivity index (χ4n) is 15.3. The van der Waals surface area contributed by atoms with Crippen LogP contribution in [0.15, 0.2) is 222 Å². The minimum atomic E-state index is -0.535. The van der Waals surface area contributed by atoms with Crippen molar-refractivity contribution in [2.75, 3.05) is 4.90 Å². The lowest BCUT2D eigenvalue weighted by Crippen LogP contribution is -2.41. The van der Waals surface area contributed by atoms with Gasteiger partial charge in [-0.3, -0.25) is 0 Å². The summed E-state index contributed by atoms with van der Waals surface area (Å²) in [5.41, 5.74) is 28.0. The average molecular weight is 1070 g/mol. The normalized spacial score (nSPS) is 18.9. The molecule has 0 amide bonds. The molecule has 0 saturated heterocycles. The number of allylic oxidation sites excluding steroid dienone is 3. The lowest BCUT2D eigenvalue weighted by Gasteiger charge is -2.49. The third kappa shape index (κ3) is 7.51. The topological polar surface area (TPSA) is 3.24 Å². The van der Waals surface area contributed by atoms with Crippen LogP contribution < -0.4 is 4.90 Å². The molecule has 4 aliphatic carbocycles. The molecule has 1 heterocycles. The predicted molar refractivity (Wildman–Crippen MR) is 345 cm³/mol. The van der Waals surface area contributed by atoms with E-state index >= 15 is 0 Å². The largest absolute Gasteiger partial charge is 0.310 e. The molecule has 0 fully saturated rings. The van der Waals surface area contributed by atoms with Crippen molar-refractivity contribution in [3.05, 3.63) is 272 Å². The highest BCUT2D eigenvalue weighted by atomic mass is 32.2. The van der Waals surface area contributed by atoms with E-state index in [1.807, 2.05) is 11.8 Å². The molecule has 1 aliphatic heterocycles. The van der Waals surface area contributed by atoms with Gasteiger partial charge in [0.25, 0.3) is 0 Å². The number of thioether (sulfide) groups is 1. The van der Waals surface area contributed by atoms with Gasteiger partial charge in [0.15, 0.2) is 0 Å². The van der Waals surface area contributed by atoms with Gasteiger partial charge in [-0.25, -0.2) is 0 Å². The van der Waals surface area contributed by atoms with Crippen molar-refractivity contribution in [2.45, 2.75) is 122 Å². The van der Waals surface area contributed by atoms with Gasteiger partial charge >= 0.3 is 0 Å². The summed E-state index contributed by atoms with van der Waals surface area (Å²) in [4.78, 5) is 5.30. The van der Waals surface area contributed by atoms with E-state index in [9.17, 15) is 0 Å². The lowest BCUT2D eigenvalue weighted by atomic mass is 9.57. The minimum absolute atomic E-state index is 0.0283. The van der Waals surface area contributed by atoms with Crippen LogP contribution in [-0.4, -0.2) is 0 Å². The van der Waals surface area contributed by atoms with Gasteiger partial charge in [-0.2, -0.15) is 0 Å². The summed E-state index contributed by atoms with van der Waals surface area (Å²) in [6.07, 6.45) is 5.02. The zero-order valence-electron chi connectivity index (χ0n) is 49.6. The van der Waals surface area contributed by atoms with Crippen LogP contribution in [0.1, 0.15) is 146 Å². The second-order valence-electron chi connectivity index (χ2n) is 28.2. The van der Waals surface area contributed by atoms with Gasteiger partial charge in [-0.1, -0.05) is 266 Å². The Morgan fingerprint density at radius 1 is 0.383 bits per heavy atom. The van der Waals surface area contributed by atoms with Gasteiger partial charge in [-0.05, 0) is 176 Å². The molecule has 81 heavy (non-hydrogen) atoms. The second kappa shape index (κ2) is 17.8. The molecular formula is C79H75NS. The SMILES string of the molecule is CC1C2=C(C=CC1C(C)(C)C)Sc1ccc(C(C)(C)C)cc1C21c2ccccc2-c2ccc(-c3ccccc3N(c3ccccc3)c3ccc4c(c3)C3(c5ccccc5-4)c4cc(C(C)(C)C)ccc4-c4ccc(C(C)(C)C)cc43)cc21. The van der Waals surface area contributed by atoms with E-state index in [1.54, 1.807) is 5.57 Å². The van der Waals surface area contributed by atoms with Crippen LogP contribution >= 0.6 is 11.8 Å². The molecule has 1 nitrogen and oxygen atoms in total. The number of hydrogen-bond donors (Lipinski definition) is 0. The van der Waals surface area contributed by atoms with Crippen molar-refractivity contribution in [2.24, 2.45) is 17.3 Å². The van der Waals surface area contributed by atoms with Crippen LogP contribution in [0.4, 0.5) is 17.1 Å². The maximum absolute atomic E-state index is 2.61. The summed E-state index contributed by atoms with van der Waals surface area (Å²) >= 11 is 1.98. The van der Waals surface area contributed by atoms with Crippen molar-refractivity contribution in [3.8, 4) is 44.5 Å². The maximum Gasteiger partial charge on any atom is 0.0726 e. The molecule has 402 valence electrons. The summed E-state index contributed by atoms with van der Waals surface area (Å²) < 4.78 is 0. The van der Waals surface area contributed by atoms with Crippen molar-refractivity contribution in [1.82, 2.24) is 0 Å². The van der Waals surface area contributed by atoms with Crippen molar-refractivity contribution < 1.29 is 0 Å². The molecule has 14 rings (SSSR count). The van der Waals surface area contributed by atoms with Crippen molar-refractivity contribution >= 4 is 28.8 Å². The molecule has 0 N–H and O–H groups in total. The van der Waals surface area contributed by atoms with Crippen LogP contribution in [0.2, 0.25) is 0 Å². The third-order valence-corrected chi connectivity index (χ3v) is 20.4. The molecule has 0 bridgehead atoms. The van der Waals surface area contributed by atoms with E-state index in [4.69, 9.17) is 0 Å². The molecule has 2 heteroatoms. The zero-order valence-corrected chi connectivity index (χ0v) is 50.5. The van der Waals surface area contributed by atoms with Gasteiger partial charge in [0.05, 0.1) is 16.5 Å². The number of fused-ring (bicyclic) bond motifs is 18. The van der Waals surface area contributed by atoms with E-state index in [-0.39, 0.29) is 21.7 Å². The standard InChI is InChI=1S/C79H75NS/c1-48-62(77(11,12)13)40-42-72-73(48)79(69-46-52(76(8,9)10)34-41-71(69)81-72)64-29-21-18-27-57(64)58-36-31-49(43-65(58)79)55-25-19-22-30-70(55)80(53-23-15-14-16-24-53)54-35-39-61-56-26-17-20-28-63(56)78(68(61)47-54)66-44-50(74(2,3)4)32-37-59(66)60-38-33-51(45-67(60)78)75(5,6)7/h14-48,62H,1-13H3. The fourth-order valence-corrected chi connectivity index (χ4v) is 16.6. The van der Waals surface area contributed by atoms with E-state index in [1.165, 1.54) is 110 Å². The fraction of sp³-hybridized carbons (Fsp3) is 0.266. The van der Waals surface area contributed by atoms with Gasteiger partial charge in [0.2, 0.25) is 0 Å². The van der Waals surface area contributed by atoms with Crippen LogP contribution in [0.25, 0.3) is 44.5 Å². The van der Waals surface area contributed by atoms with E-state index in [0.717, 1.165) is 17.1 Å². The predicted octanol–water partition coefficient (Wildman–Crippen LogP) is 21.6. The Hall–Kier alpha value is -7.39. The van der Waals surface area contributed by atoms with Crippen LogP contribution in [0.3, 0.4) is 0 Å². The Labute approximate surface area is 486 Å². The Bertz CT molecular complexity index is 4090. The Kier molecular flexibility index (Phi) is 11.4. The lowest BCUT2D eigenvalue weighted by molar-refractivity contribution is 0.228. The third-order valence-electron chi connectivity index (χ3n) is 19.3. The smallest absolute Gasteiger partial charge is 0.0726 e. The number of benzene rings is 9. The zero-order chi connectivity index (χ0) is 56.3. The van der Waals surface area contributed by atoms with Crippen LogP contribution in [0, 0.1) is 17.3 Å². The first kappa shape index (κ1) is 51.7. The molecule has 9 aromatic rings. The van der Waals surface area contributed by atoms with E-state index in [2.05, 4.69) is 301 Å². The molecule has 3 atom stereocenters. The van der Waals surface area contributed by atoms with Gasteiger partial charge in [0.1, 0.15) is 0 Å². The Balaban J connectivity index is 1.01. The van der Waals surface area contributed by atoms with Gasteiger partial charge in [-0.15, -0.1) is 0 Å². The Morgan fingerprint density at radius 2 is 0.840 bits per heavy atom. The molecule has 9 aromatic carbocycles. The van der Waals surface area contributed by atoms with Gasteiger partial charge < -0.3 is 4.90 Å². The monoisotopic (exact) mass is 1070 g/mol. The highest BCUT2D eigenvalue weighted by molar-refractivity contribution is 8.03. The first-order valence-corrected chi connectivity index (χ1v) is 30.4. The summed E-state index contributed by atoms with van der Waals surface area (Å²) in [5, 5.41) is 0. The summed E-state index contributed by atoms with van der Waals surface area (Å²) in [7, 11) is 0. The molecule has 0 aromatic heterocycles. The van der Waals surface area contributed by atoms with Crippen molar-refractivity contribution in [1.29, 1.82) is 0 Å². The maximum atomic E-state index is 2.61. The number of rotatable bonds is 4. The van der Waals surface area contributed by atoms with Crippen LogP contribution in [0.5, 0.6) is 0 Å². The highest BCUT2D eigenvalue weighted by Gasteiger charge is 2.56. The average Bonchev–Trinajstić information content (AvgIpc) is 4.23. The first-order chi connectivity index (χ1) is 38.6. The van der Waals surface area contributed by atoms with Crippen molar-refractivity contribution in [3.63, 3.8) is 0 Å². The second-order valence-corrected chi connectivity index (χ2v) is 29.3. The quantitative estimate of drug-likeness (QED) is 0.173. The van der Waals surface area contributed by atoms with Gasteiger partial charge in [0, 0.05) is 26.7 Å². The molecule has 0 radical (unpaired) electrons. The summed E-state index contributed by atoms with van der Waals surface area (Å²) in [6, 6.07) is 76.0. The Morgan fingerprint density at radius 3 is 1.42 bits per heavy atom. The number of para-hydroxylation sites is 2. The molecular weight excluding hydrogens is 995 g/mol. The number of nitrogens with zero attached hydrogens (tertiary/aromatic N) is 1.